The summed E-state index contributed by atoms with van der Waals surface area (Å²) < 4.78 is 1.75. The molecule has 0 bridgehead atoms. The first-order chi connectivity index (χ1) is 11.8. The van der Waals surface area contributed by atoms with Gasteiger partial charge in [-0.25, -0.2) is 9.67 Å². The van der Waals surface area contributed by atoms with Crippen molar-refractivity contribution in [2.45, 2.75) is 19.5 Å². The molecule has 0 spiro atoms. The van der Waals surface area contributed by atoms with Crippen LogP contribution in [-0.4, -0.2) is 37.4 Å². The van der Waals surface area contributed by atoms with Crippen molar-refractivity contribution in [1.29, 1.82) is 0 Å². The van der Waals surface area contributed by atoms with Crippen LogP contribution < -0.4 is 10.6 Å². The van der Waals surface area contributed by atoms with E-state index in [9.17, 15) is 4.79 Å². The molecule has 10 heteroatoms. The SMILES string of the molecule is Cl.Cl.O=C(Nc1ccc(Cn2cncn2)cc1)c1n[nH]c2c1CNCC2. The van der Waals surface area contributed by atoms with Crippen molar-refractivity contribution < 1.29 is 4.79 Å². The third-order valence-corrected chi connectivity index (χ3v) is 4.04. The summed E-state index contributed by atoms with van der Waals surface area (Å²) >= 11 is 0. The number of hydrogen-bond acceptors (Lipinski definition) is 5. The van der Waals surface area contributed by atoms with Crippen LogP contribution in [0.3, 0.4) is 0 Å². The monoisotopic (exact) mass is 395 g/mol. The molecule has 3 N–H and O–H groups in total. The molecule has 0 radical (unpaired) electrons. The lowest BCUT2D eigenvalue weighted by Crippen LogP contribution is -2.25. The Morgan fingerprint density at radius 2 is 2.04 bits per heavy atom. The lowest BCUT2D eigenvalue weighted by molar-refractivity contribution is 0.102. The minimum Gasteiger partial charge on any atom is -0.321 e. The van der Waals surface area contributed by atoms with Crippen LogP contribution in [0.5, 0.6) is 0 Å². The van der Waals surface area contributed by atoms with E-state index < -0.39 is 0 Å². The van der Waals surface area contributed by atoms with Crippen molar-refractivity contribution in [3.8, 4) is 0 Å². The number of H-pyrrole nitrogens is 1. The molecule has 1 aliphatic heterocycles. The van der Waals surface area contributed by atoms with Gasteiger partial charge < -0.3 is 10.6 Å². The Kier molecular flexibility index (Phi) is 6.73. The van der Waals surface area contributed by atoms with Crippen molar-refractivity contribution in [3.05, 3.63) is 59.4 Å². The molecule has 138 valence electrons. The highest BCUT2D eigenvalue weighted by molar-refractivity contribution is 6.04. The van der Waals surface area contributed by atoms with Gasteiger partial charge in [0.25, 0.3) is 5.91 Å². The molecule has 0 atom stereocenters. The summed E-state index contributed by atoms with van der Waals surface area (Å²) in [4.78, 5) is 16.4. The van der Waals surface area contributed by atoms with Crippen molar-refractivity contribution in [3.63, 3.8) is 0 Å². The number of carbonyl (C=O) groups excluding carboxylic acids is 1. The zero-order valence-corrected chi connectivity index (χ0v) is 15.4. The van der Waals surface area contributed by atoms with Crippen molar-refractivity contribution in [2.75, 3.05) is 11.9 Å². The van der Waals surface area contributed by atoms with E-state index in [2.05, 4.69) is 30.9 Å². The lowest BCUT2D eigenvalue weighted by atomic mass is 10.1. The Bertz CT molecular complexity index is 846. The van der Waals surface area contributed by atoms with E-state index in [-0.39, 0.29) is 30.7 Å². The molecule has 1 aliphatic rings. The second kappa shape index (κ2) is 8.79. The van der Waals surface area contributed by atoms with Gasteiger partial charge >= 0.3 is 0 Å². The summed E-state index contributed by atoms with van der Waals surface area (Å²) in [5.41, 5.74) is 4.29. The fraction of sp³-hybridized carbons (Fsp3) is 0.250. The number of fused-ring (bicyclic) bond motifs is 1. The Hall–Kier alpha value is -2.42. The molecule has 4 rings (SSSR count). The average Bonchev–Trinajstić information content (AvgIpc) is 3.26. The van der Waals surface area contributed by atoms with E-state index in [1.807, 2.05) is 24.3 Å². The topological polar surface area (TPSA) is 101 Å². The summed E-state index contributed by atoms with van der Waals surface area (Å²) in [5.74, 6) is -0.194. The quantitative estimate of drug-likeness (QED) is 0.624. The van der Waals surface area contributed by atoms with Crippen LogP contribution in [0.15, 0.2) is 36.9 Å². The predicted octanol–water partition coefficient (Wildman–Crippen LogP) is 1.79. The third kappa shape index (κ3) is 4.21. The van der Waals surface area contributed by atoms with Crippen molar-refractivity contribution in [1.82, 2.24) is 30.3 Å². The van der Waals surface area contributed by atoms with Gasteiger partial charge in [-0.2, -0.15) is 10.2 Å². The summed E-state index contributed by atoms with van der Waals surface area (Å²) in [7, 11) is 0. The summed E-state index contributed by atoms with van der Waals surface area (Å²) in [6.45, 7) is 2.22. The summed E-state index contributed by atoms with van der Waals surface area (Å²) in [5, 5.41) is 17.4. The molecule has 8 nitrogen and oxygen atoms in total. The predicted molar refractivity (Wildman–Crippen MR) is 102 cm³/mol. The van der Waals surface area contributed by atoms with Crippen molar-refractivity contribution in [2.24, 2.45) is 0 Å². The van der Waals surface area contributed by atoms with E-state index >= 15 is 0 Å². The van der Waals surface area contributed by atoms with E-state index in [4.69, 9.17) is 0 Å². The number of nitrogens with one attached hydrogen (secondary N) is 3. The number of anilines is 1. The van der Waals surface area contributed by atoms with Gasteiger partial charge in [-0.3, -0.25) is 9.89 Å². The van der Waals surface area contributed by atoms with Crippen LogP contribution in [0, 0.1) is 0 Å². The Morgan fingerprint density at radius 1 is 1.23 bits per heavy atom. The largest absolute Gasteiger partial charge is 0.321 e. The third-order valence-electron chi connectivity index (χ3n) is 4.04. The van der Waals surface area contributed by atoms with Gasteiger partial charge in [-0.05, 0) is 17.7 Å². The highest BCUT2D eigenvalue weighted by atomic mass is 35.5. The molecular weight excluding hydrogens is 377 g/mol. The highest BCUT2D eigenvalue weighted by Gasteiger charge is 2.21. The molecular formula is C16H19Cl2N7O. The lowest BCUT2D eigenvalue weighted by Gasteiger charge is -2.13. The van der Waals surface area contributed by atoms with Crippen LogP contribution in [0.1, 0.15) is 27.3 Å². The van der Waals surface area contributed by atoms with Gasteiger partial charge in [0.1, 0.15) is 12.7 Å². The molecule has 1 amide bonds. The molecule has 3 aromatic rings. The number of rotatable bonds is 4. The Balaban J connectivity index is 0.00000121. The number of hydrogen-bond donors (Lipinski definition) is 3. The Morgan fingerprint density at radius 3 is 2.77 bits per heavy atom. The van der Waals surface area contributed by atoms with Gasteiger partial charge in [0.15, 0.2) is 5.69 Å². The normalized spacial score (nSPS) is 12.5. The first kappa shape index (κ1) is 19.9. The van der Waals surface area contributed by atoms with Gasteiger partial charge in [0.05, 0.1) is 6.54 Å². The first-order valence-corrected chi connectivity index (χ1v) is 7.79. The molecule has 0 saturated carbocycles. The fourth-order valence-electron chi connectivity index (χ4n) is 2.80. The highest BCUT2D eigenvalue weighted by Crippen LogP contribution is 2.17. The van der Waals surface area contributed by atoms with E-state index in [0.29, 0.717) is 18.8 Å². The zero-order valence-electron chi connectivity index (χ0n) is 13.8. The number of nitrogens with zero attached hydrogens (tertiary/aromatic N) is 4. The van der Waals surface area contributed by atoms with Crippen LogP contribution in [-0.2, 0) is 19.5 Å². The van der Waals surface area contributed by atoms with Crippen LogP contribution in [0.2, 0.25) is 0 Å². The number of amides is 1. The molecule has 26 heavy (non-hydrogen) atoms. The molecule has 0 unspecified atom stereocenters. The second-order valence-corrected chi connectivity index (χ2v) is 5.70. The molecule has 0 aliphatic carbocycles. The van der Waals surface area contributed by atoms with E-state index in [1.165, 1.54) is 6.33 Å². The number of aromatic amines is 1. The number of halogens is 2. The smallest absolute Gasteiger partial charge is 0.276 e. The molecule has 2 aromatic heterocycles. The Labute approximate surface area is 162 Å². The van der Waals surface area contributed by atoms with Gasteiger partial charge in [-0.15, -0.1) is 24.8 Å². The summed E-state index contributed by atoms with van der Waals surface area (Å²) in [6.07, 6.45) is 4.05. The van der Waals surface area contributed by atoms with Gasteiger partial charge in [0.2, 0.25) is 0 Å². The molecule has 0 saturated heterocycles. The minimum absolute atomic E-state index is 0. The number of aromatic nitrogens is 5. The second-order valence-electron chi connectivity index (χ2n) is 5.70. The molecule has 0 fully saturated rings. The van der Waals surface area contributed by atoms with Crippen LogP contribution >= 0.6 is 24.8 Å². The van der Waals surface area contributed by atoms with Gasteiger partial charge in [0, 0.05) is 36.5 Å². The van der Waals surface area contributed by atoms with Crippen LogP contribution in [0.4, 0.5) is 5.69 Å². The average molecular weight is 396 g/mol. The van der Waals surface area contributed by atoms with Gasteiger partial charge in [-0.1, -0.05) is 12.1 Å². The zero-order chi connectivity index (χ0) is 16.4. The summed E-state index contributed by atoms with van der Waals surface area (Å²) in [6, 6.07) is 7.67. The molecule has 1 aromatic carbocycles. The molecule has 3 heterocycles. The maximum absolute atomic E-state index is 12.4. The first-order valence-electron chi connectivity index (χ1n) is 7.79. The van der Waals surface area contributed by atoms with Crippen LogP contribution in [0.25, 0.3) is 0 Å². The number of carbonyl (C=O) groups is 1. The fourth-order valence-corrected chi connectivity index (χ4v) is 2.80. The maximum Gasteiger partial charge on any atom is 0.276 e. The maximum atomic E-state index is 12.4. The number of benzene rings is 1. The minimum atomic E-state index is -0.194. The van der Waals surface area contributed by atoms with E-state index in [1.54, 1.807) is 11.0 Å². The van der Waals surface area contributed by atoms with Crippen molar-refractivity contribution >= 4 is 36.4 Å². The standard InChI is InChI=1S/C16H17N7O.2ClH/c24-16(15-13-7-17-6-5-14(13)21-22-15)20-12-3-1-11(2-4-12)8-23-10-18-9-19-23;;/h1-4,9-10,17H,5-8H2,(H,20,24)(H,21,22);2*1H. The van der Waals surface area contributed by atoms with E-state index in [0.717, 1.165) is 35.5 Å².